The van der Waals surface area contributed by atoms with E-state index in [1.54, 1.807) is 23.4 Å². The molecule has 11 heteroatoms. The van der Waals surface area contributed by atoms with Gasteiger partial charge in [-0.05, 0) is 31.0 Å². The zero-order chi connectivity index (χ0) is 26.9. The molecule has 3 aromatic heterocycles. The summed E-state index contributed by atoms with van der Waals surface area (Å²) in [5, 5.41) is 6.65. The van der Waals surface area contributed by atoms with E-state index in [2.05, 4.69) is 15.4 Å². The van der Waals surface area contributed by atoms with Gasteiger partial charge in [0, 0.05) is 61.7 Å². The van der Waals surface area contributed by atoms with Crippen LogP contribution in [0.2, 0.25) is 0 Å². The monoisotopic (exact) mass is 522 g/mol. The van der Waals surface area contributed by atoms with E-state index >= 15 is 0 Å². The number of aromatic nitrogens is 4. The van der Waals surface area contributed by atoms with Crippen LogP contribution in [-0.4, -0.2) is 55.0 Å². The van der Waals surface area contributed by atoms with Crippen molar-refractivity contribution in [1.29, 1.82) is 0 Å². The molecule has 3 atom stereocenters. The second-order valence-corrected chi connectivity index (χ2v) is 10.1. The number of carbonyl (C=O) groups excluding carboxylic acids is 2. The number of pyridine rings is 1. The van der Waals surface area contributed by atoms with Gasteiger partial charge in [0.15, 0.2) is 5.69 Å². The van der Waals surface area contributed by atoms with Crippen molar-refractivity contribution in [3.63, 3.8) is 0 Å². The molecule has 0 bridgehead atoms. The summed E-state index contributed by atoms with van der Waals surface area (Å²) in [7, 11) is 1.33. The lowest BCUT2D eigenvalue weighted by molar-refractivity contribution is -0.142. The summed E-state index contributed by atoms with van der Waals surface area (Å²) in [6.07, 6.45) is -1.31. The average Bonchev–Trinajstić information content (AvgIpc) is 3.44. The number of hydrogen-bond acceptors (Lipinski definition) is 4. The fourth-order valence-corrected chi connectivity index (χ4v) is 5.97. The van der Waals surface area contributed by atoms with Crippen LogP contribution in [0.5, 0.6) is 0 Å². The lowest BCUT2D eigenvalue weighted by Crippen LogP contribution is -2.58. The molecule has 196 valence electrons. The third-order valence-corrected chi connectivity index (χ3v) is 7.67. The summed E-state index contributed by atoms with van der Waals surface area (Å²) in [6.45, 7) is 4.00. The van der Waals surface area contributed by atoms with Gasteiger partial charge in [-0.25, -0.2) is 4.98 Å². The van der Waals surface area contributed by atoms with Gasteiger partial charge >= 0.3 is 6.18 Å². The smallest absolute Gasteiger partial charge is 0.347 e. The Balaban J connectivity index is 1.48. The van der Waals surface area contributed by atoms with Crippen LogP contribution in [0.25, 0.3) is 5.65 Å². The number of hydrogen-bond donors (Lipinski definition) is 1. The Bertz CT molecular complexity index is 1590. The van der Waals surface area contributed by atoms with Crippen molar-refractivity contribution in [1.82, 2.24) is 29.4 Å². The van der Waals surface area contributed by atoms with Crippen LogP contribution in [0.3, 0.4) is 0 Å². The van der Waals surface area contributed by atoms with Gasteiger partial charge in [-0.1, -0.05) is 30.3 Å². The van der Waals surface area contributed by atoms with Crippen LogP contribution >= 0.6 is 0 Å². The van der Waals surface area contributed by atoms with Gasteiger partial charge in [0.1, 0.15) is 11.3 Å². The van der Waals surface area contributed by atoms with Crippen molar-refractivity contribution in [3.8, 4) is 0 Å². The second-order valence-electron chi connectivity index (χ2n) is 10.1. The second kappa shape index (κ2) is 8.44. The third kappa shape index (κ3) is 3.67. The Labute approximate surface area is 216 Å². The molecule has 38 heavy (non-hydrogen) atoms. The predicted octanol–water partition coefficient (Wildman–Crippen LogP) is 3.84. The van der Waals surface area contributed by atoms with Gasteiger partial charge < -0.3 is 14.6 Å². The summed E-state index contributed by atoms with van der Waals surface area (Å²) in [5.41, 5.74) is 2.33. The number of amides is 2. The standard InChI is InChI=1S/C27H25F3N6O2/c1-14-9-17(11-36-15(2)10-31-24(14)36)26(38)35-12-18(16-7-5-4-6-8-16)21-19(13-35)20-22(25(37)32-21)34(3)33-23(20)27(28,29)30/h4-11,18-19,21H,12-13H2,1-3H3,(H,32,37)/t18-,19?,21+/m1/s1. The molecule has 1 aromatic carbocycles. The van der Waals surface area contributed by atoms with E-state index in [-0.39, 0.29) is 30.3 Å². The molecule has 2 aliphatic rings. The summed E-state index contributed by atoms with van der Waals surface area (Å²) >= 11 is 0. The Kier molecular flexibility index (Phi) is 5.37. The summed E-state index contributed by atoms with van der Waals surface area (Å²) < 4.78 is 45.2. The van der Waals surface area contributed by atoms with Crippen LogP contribution < -0.4 is 5.32 Å². The molecule has 0 radical (unpaired) electrons. The number of halogens is 3. The van der Waals surface area contributed by atoms with Gasteiger partial charge in [-0.3, -0.25) is 14.3 Å². The minimum atomic E-state index is -4.75. The molecule has 5 heterocycles. The maximum absolute atomic E-state index is 14.1. The van der Waals surface area contributed by atoms with Gasteiger partial charge in [0.05, 0.1) is 5.56 Å². The minimum Gasteiger partial charge on any atom is -0.347 e. The van der Waals surface area contributed by atoms with Crippen molar-refractivity contribution < 1.29 is 22.8 Å². The molecule has 1 fully saturated rings. The number of likely N-dealkylation sites (tertiary alicyclic amines) is 1. The molecule has 2 aliphatic heterocycles. The summed E-state index contributed by atoms with van der Waals surface area (Å²) in [4.78, 5) is 32.9. The predicted molar refractivity (Wildman–Crippen MR) is 132 cm³/mol. The number of aryl methyl sites for hydroxylation is 3. The first-order chi connectivity index (χ1) is 18.0. The number of rotatable bonds is 2. The van der Waals surface area contributed by atoms with Crippen LogP contribution in [-0.2, 0) is 13.2 Å². The van der Waals surface area contributed by atoms with E-state index in [0.29, 0.717) is 5.56 Å². The van der Waals surface area contributed by atoms with E-state index in [0.717, 1.165) is 27.1 Å². The van der Waals surface area contributed by atoms with Crippen molar-refractivity contribution >= 4 is 17.5 Å². The topological polar surface area (TPSA) is 84.5 Å². The molecule has 1 N–H and O–H groups in total. The normalized spacial score (nSPS) is 21.3. The Morgan fingerprint density at radius 2 is 1.82 bits per heavy atom. The number of piperidine rings is 1. The van der Waals surface area contributed by atoms with Crippen LogP contribution in [0.15, 0.2) is 48.8 Å². The van der Waals surface area contributed by atoms with Crippen molar-refractivity contribution in [2.45, 2.75) is 37.9 Å². The number of nitrogens with one attached hydrogen (secondary N) is 1. The number of alkyl halides is 3. The number of benzene rings is 1. The first kappa shape index (κ1) is 24.2. The zero-order valence-corrected chi connectivity index (χ0v) is 21.0. The number of nitrogens with zero attached hydrogens (tertiary/aromatic N) is 5. The van der Waals surface area contributed by atoms with E-state index in [1.165, 1.54) is 7.05 Å². The molecule has 1 saturated heterocycles. The highest BCUT2D eigenvalue weighted by Crippen LogP contribution is 2.45. The van der Waals surface area contributed by atoms with E-state index in [4.69, 9.17) is 0 Å². The molecule has 0 spiro atoms. The fraction of sp³-hybridized carbons (Fsp3) is 0.333. The van der Waals surface area contributed by atoms with Crippen LogP contribution in [0, 0.1) is 13.8 Å². The number of imidazole rings is 1. The summed E-state index contributed by atoms with van der Waals surface area (Å²) in [6, 6.07) is 10.4. The largest absolute Gasteiger partial charge is 0.435 e. The van der Waals surface area contributed by atoms with Crippen molar-refractivity contribution in [2.24, 2.45) is 7.05 Å². The molecular formula is C27H25F3N6O2. The van der Waals surface area contributed by atoms with Gasteiger partial charge in [0.2, 0.25) is 0 Å². The first-order valence-electron chi connectivity index (χ1n) is 12.3. The maximum Gasteiger partial charge on any atom is 0.435 e. The van der Waals surface area contributed by atoms with Crippen LogP contribution in [0.4, 0.5) is 13.2 Å². The molecule has 2 amide bonds. The molecule has 0 aliphatic carbocycles. The van der Waals surface area contributed by atoms with Crippen molar-refractivity contribution in [3.05, 3.63) is 88.1 Å². The molecule has 4 aromatic rings. The summed E-state index contributed by atoms with van der Waals surface area (Å²) in [5.74, 6) is -2.10. The average molecular weight is 523 g/mol. The number of fused-ring (bicyclic) bond motifs is 4. The molecule has 8 nitrogen and oxygen atoms in total. The van der Waals surface area contributed by atoms with Gasteiger partial charge in [-0.2, -0.15) is 18.3 Å². The van der Waals surface area contributed by atoms with E-state index in [9.17, 15) is 22.8 Å². The Morgan fingerprint density at radius 3 is 2.53 bits per heavy atom. The lowest BCUT2D eigenvalue weighted by atomic mass is 9.73. The SMILES string of the molecule is Cc1cc(C(=O)N2CC3c4c(C(F)(F)F)nn(C)c4C(=O)N[C@H]3[C@@H](c3ccccc3)C2)cn2c(C)cnc12. The van der Waals surface area contributed by atoms with Gasteiger partial charge in [0.25, 0.3) is 11.8 Å². The highest BCUT2D eigenvalue weighted by atomic mass is 19.4. The molecule has 0 saturated carbocycles. The Morgan fingerprint density at radius 1 is 1.11 bits per heavy atom. The lowest BCUT2D eigenvalue weighted by Gasteiger charge is -2.46. The third-order valence-electron chi connectivity index (χ3n) is 7.67. The molecule has 1 unspecified atom stereocenters. The highest BCUT2D eigenvalue weighted by molar-refractivity contribution is 5.97. The van der Waals surface area contributed by atoms with Crippen LogP contribution in [0.1, 0.15) is 60.8 Å². The quantitative estimate of drug-likeness (QED) is 0.434. The minimum absolute atomic E-state index is 0.00881. The van der Waals surface area contributed by atoms with Crippen molar-refractivity contribution in [2.75, 3.05) is 13.1 Å². The van der Waals surface area contributed by atoms with Gasteiger partial charge in [-0.15, -0.1) is 0 Å². The zero-order valence-electron chi connectivity index (χ0n) is 21.0. The number of carbonyl (C=O) groups is 2. The van der Waals surface area contributed by atoms with E-state index < -0.39 is 35.7 Å². The fourth-order valence-electron chi connectivity index (χ4n) is 5.97. The molecule has 6 rings (SSSR count). The maximum atomic E-state index is 14.1. The highest BCUT2D eigenvalue weighted by Gasteiger charge is 2.51. The van der Waals surface area contributed by atoms with E-state index in [1.807, 2.05) is 48.6 Å². The Hall–Kier alpha value is -4.15. The first-order valence-corrected chi connectivity index (χ1v) is 12.3. The molecular weight excluding hydrogens is 497 g/mol.